The SMILES string of the molecule is CCOC(=O)/C=C/C(CO[Si](C)(C)C(C)(C)C)N(Cc1ccccc1)C(=O)CSc1ccccc1. The van der Waals surface area contributed by atoms with Gasteiger partial charge in [-0.3, -0.25) is 4.79 Å². The van der Waals surface area contributed by atoms with E-state index in [1.54, 1.807) is 13.0 Å². The van der Waals surface area contributed by atoms with Crippen LogP contribution in [0.4, 0.5) is 0 Å². The summed E-state index contributed by atoms with van der Waals surface area (Å²) in [5, 5.41) is 0.0276. The highest BCUT2D eigenvalue weighted by Crippen LogP contribution is 2.36. The lowest BCUT2D eigenvalue weighted by Gasteiger charge is -2.39. The molecule has 0 aliphatic rings. The predicted molar refractivity (Wildman–Crippen MR) is 147 cm³/mol. The molecule has 0 aliphatic carbocycles. The second-order valence-electron chi connectivity index (χ2n) is 9.86. The van der Waals surface area contributed by atoms with Crippen LogP contribution >= 0.6 is 11.8 Å². The van der Waals surface area contributed by atoms with Crippen LogP contribution in [0.2, 0.25) is 18.1 Å². The fourth-order valence-electron chi connectivity index (χ4n) is 3.05. The minimum Gasteiger partial charge on any atom is -0.463 e. The largest absolute Gasteiger partial charge is 0.463 e. The highest BCUT2D eigenvalue weighted by atomic mass is 32.2. The summed E-state index contributed by atoms with van der Waals surface area (Å²) < 4.78 is 11.6. The zero-order chi connectivity index (χ0) is 25.9. The Hall–Kier alpha value is -2.35. The van der Waals surface area contributed by atoms with Crippen molar-refractivity contribution in [3.05, 3.63) is 78.4 Å². The van der Waals surface area contributed by atoms with Crippen molar-refractivity contribution in [3.63, 3.8) is 0 Å². The molecule has 0 bridgehead atoms. The van der Waals surface area contributed by atoms with Crippen LogP contribution in [0.3, 0.4) is 0 Å². The molecule has 7 heteroatoms. The number of carbonyl (C=O) groups is 2. The Labute approximate surface area is 216 Å². The number of nitrogens with zero attached hydrogens (tertiary/aromatic N) is 1. The van der Waals surface area contributed by atoms with Gasteiger partial charge in [0, 0.05) is 17.5 Å². The third-order valence-corrected chi connectivity index (χ3v) is 11.7. The lowest BCUT2D eigenvalue weighted by molar-refractivity contribution is -0.137. The standard InChI is InChI=1S/C28H39NO4SSi/c1-7-32-27(31)19-18-24(21-33-35(5,6)28(2,3)4)29(20-23-14-10-8-11-15-23)26(30)22-34-25-16-12-9-13-17-25/h8-19,24H,7,20-22H2,1-6H3/b19-18+. The molecule has 0 fully saturated rings. The monoisotopic (exact) mass is 513 g/mol. The Balaban J connectivity index is 2.32. The van der Waals surface area contributed by atoms with Gasteiger partial charge in [-0.05, 0) is 42.8 Å². The summed E-state index contributed by atoms with van der Waals surface area (Å²) in [6.07, 6.45) is 3.16. The number of rotatable bonds is 12. The smallest absolute Gasteiger partial charge is 0.330 e. The van der Waals surface area contributed by atoms with Gasteiger partial charge < -0.3 is 14.1 Å². The van der Waals surface area contributed by atoms with Crippen LogP contribution in [0.25, 0.3) is 0 Å². The van der Waals surface area contributed by atoms with Crippen molar-refractivity contribution in [2.75, 3.05) is 19.0 Å². The summed E-state index contributed by atoms with van der Waals surface area (Å²) in [4.78, 5) is 28.5. The topological polar surface area (TPSA) is 55.8 Å². The Morgan fingerprint density at radius 2 is 1.63 bits per heavy atom. The summed E-state index contributed by atoms with van der Waals surface area (Å²) in [6, 6.07) is 19.4. The maximum absolute atomic E-state index is 13.6. The van der Waals surface area contributed by atoms with Gasteiger partial charge in [0.1, 0.15) is 0 Å². The third-order valence-electron chi connectivity index (χ3n) is 6.18. The van der Waals surface area contributed by atoms with Crippen molar-refractivity contribution in [1.82, 2.24) is 4.90 Å². The minimum atomic E-state index is -2.08. The number of thioether (sulfide) groups is 1. The van der Waals surface area contributed by atoms with Crippen molar-refractivity contribution >= 4 is 32.0 Å². The van der Waals surface area contributed by atoms with Crippen molar-refractivity contribution in [1.29, 1.82) is 0 Å². The van der Waals surface area contributed by atoms with Gasteiger partial charge in [-0.15, -0.1) is 11.8 Å². The van der Waals surface area contributed by atoms with Crippen molar-refractivity contribution in [2.24, 2.45) is 0 Å². The second kappa shape index (κ2) is 13.7. The molecule has 5 nitrogen and oxygen atoms in total. The maximum Gasteiger partial charge on any atom is 0.330 e. The molecule has 2 aromatic carbocycles. The number of hydrogen-bond donors (Lipinski definition) is 0. The normalized spacial score (nSPS) is 13.0. The van der Waals surface area contributed by atoms with E-state index in [9.17, 15) is 9.59 Å². The molecule has 2 aromatic rings. The molecule has 0 spiro atoms. The number of esters is 1. The quantitative estimate of drug-likeness (QED) is 0.144. The van der Waals surface area contributed by atoms with Crippen molar-refractivity contribution < 1.29 is 18.8 Å². The maximum atomic E-state index is 13.6. The molecule has 190 valence electrons. The first kappa shape index (κ1) is 28.9. The number of carbonyl (C=O) groups excluding carboxylic acids is 2. The molecule has 0 heterocycles. The van der Waals surface area contributed by atoms with E-state index in [0.717, 1.165) is 10.5 Å². The summed E-state index contributed by atoms with van der Waals surface area (Å²) in [7, 11) is -2.08. The summed E-state index contributed by atoms with van der Waals surface area (Å²) >= 11 is 1.51. The van der Waals surface area contributed by atoms with E-state index in [2.05, 4.69) is 33.9 Å². The van der Waals surface area contributed by atoms with Gasteiger partial charge >= 0.3 is 5.97 Å². The molecule has 0 aliphatic heterocycles. The fraction of sp³-hybridized carbons (Fsp3) is 0.429. The van der Waals surface area contributed by atoms with E-state index >= 15 is 0 Å². The van der Waals surface area contributed by atoms with Crippen LogP contribution in [0.15, 0.2) is 77.7 Å². The van der Waals surface area contributed by atoms with Gasteiger partial charge in [-0.2, -0.15) is 0 Å². The Morgan fingerprint density at radius 1 is 1.03 bits per heavy atom. The van der Waals surface area contributed by atoms with E-state index in [1.165, 1.54) is 17.8 Å². The summed E-state index contributed by atoms with van der Waals surface area (Å²) in [5.41, 5.74) is 1.02. The first-order valence-corrected chi connectivity index (χ1v) is 15.9. The third kappa shape index (κ3) is 9.66. The van der Waals surface area contributed by atoms with Gasteiger partial charge in [0.05, 0.1) is 25.0 Å². The van der Waals surface area contributed by atoms with Gasteiger partial charge in [0.2, 0.25) is 5.91 Å². The Morgan fingerprint density at radius 3 is 2.20 bits per heavy atom. The summed E-state index contributed by atoms with van der Waals surface area (Å²) in [6.45, 7) is 13.8. The molecular formula is C28H39NO4SSi. The summed E-state index contributed by atoms with van der Waals surface area (Å²) in [5.74, 6) is -0.142. The zero-order valence-corrected chi connectivity index (χ0v) is 23.6. The highest BCUT2D eigenvalue weighted by Gasteiger charge is 2.38. The highest BCUT2D eigenvalue weighted by molar-refractivity contribution is 8.00. The van der Waals surface area contributed by atoms with Crippen molar-refractivity contribution in [3.8, 4) is 0 Å². The molecule has 0 saturated heterocycles. The van der Waals surface area contributed by atoms with Gasteiger partial charge in [-0.25, -0.2) is 4.79 Å². The average Bonchev–Trinajstić information content (AvgIpc) is 2.82. The first-order valence-electron chi connectivity index (χ1n) is 12.0. The predicted octanol–water partition coefficient (Wildman–Crippen LogP) is 6.32. The van der Waals surface area contributed by atoms with Crippen LogP contribution in [0.5, 0.6) is 0 Å². The lowest BCUT2D eigenvalue weighted by Crippen LogP contribution is -2.47. The number of ether oxygens (including phenoxy) is 1. The molecule has 1 amide bonds. The Kier molecular flexibility index (Phi) is 11.3. The van der Waals surface area contributed by atoms with Gasteiger partial charge in [0.25, 0.3) is 0 Å². The van der Waals surface area contributed by atoms with E-state index < -0.39 is 20.3 Å². The van der Waals surface area contributed by atoms with E-state index in [0.29, 0.717) is 25.5 Å². The van der Waals surface area contributed by atoms with E-state index in [4.69, 9.17) is 9.16 Å². The van der Waals surface area contributed by atoms with E-state index in [1.807, 2.05) is 65.6 Å². The van der Waals surface area contributed by atoms with Crippen LogP contribution in [0, 0.1) is 0 Å². The van der Waals surface area contributed by atoms with Gasteiger partial charge in [-0.1, -0.05) is 75.4 Å². The first-order chi connectivity index (χ1) is 16.5. The van der Waals surface area contributed by atoms with Crippen LogP contribution < -0.4 is 0 Å². The molecule has 1 unspecified atom stereocenters. The minimum absolute atomic E-state index is 0.0138. The number of benzene rings is 2. The molecule has 0 radical (unpaired) electrons. The van der Waals surface area contributed by atoms with Crippen LogP contribution in [0.1, 0.15) is 33.3 Å². The zero-order valence-electron chi connectivity index (χ0n) is 21.8. The fourth-order valence-corrected chi connectivity index (χ4v) is 4.88. The van der Waals surface area contributed by atoms with Crippen LogP contribution in [-0.2, 0) is 25.3 Å². The molecule has 35 heavy (non-hydrogen) atoms. The van der Waals surface area contributed by atoms with Gasteiger partial charge in [0.15, 0.2) is 8.32 Å². The molecule has 0 N–H and O–H groups in total. The molecular weight excluding hydrogens is 474 g/mol. The molecule has 0 aromatic heterocycles. The second-order valence-corrected chi connectivity index (χ2v) is 15.7. The average molecular weight is 514 g/mol. The number of hydrogen-bond acceptors (Lipinski definition) is 5. The Bertz CT molecular complexity index is 958. The number of amides is 1. The van der Waals surface area contributed by atoms with Crippen molar-refractivity contribution in [2.45, 2.75) is 63.3 Å². The van der Waals surface area contributed by atoms with E-state index in [-0.39, 0.29) is 10.9 Å². The van der Waals surface area contributed by atoms with Crippen LogP contribution in [-0.4, -0.2) is 50.1 Å². The lowest BCUT2D eigenvalue weighted by atomic mass is 10.1. The molecule has 2 rings (SSSR count). The molecule has 1 atom stereocenters. The molecule has 0 saturated carbocycles.